The average Bonchev–Trinajstić information content (AvgIpc) is 2.93. The zero-order valence-electron chi connectivity index (χ0n) is 11.8. The molecular weight excluding hydrogens is 326 g/mol. The van der Waals surface area contributed by atoms with Gasteiger partial charge in [-0.1, -0.05) is 17.7 Å². The van der Waals surface area contributed by atoms with Crippen LogP contribution in [0.2, 0.25) is 5.02 Å². The Hall–Kier alpha value is -1.96. The van der Waals surface area contributed by atoms with Gasteiger partial charge in [0, 0.05) is 23.6 Å². The quantitative estimate of drug-likeness (QED) is 0.646. The molecule has 6 nitrogen and oxygen atoms in total. The minimum Gasteiger partial charge on any atom is -0.324 e. The van der Waals surface area contributed by atoms with Crippen LogP contribution in [0, 0.1) is 10.1 Å². The highest BCUT2D eigenvalue weighted by Gasteiger charge is 2.13. The first-order valence-electron chi connectivity index (χ1n) is 6.40. The van der Waals surface area contributed by atoms with Crippen LogP contribution >= 0.6 is 22.9 Å². The molecule has 0 aliphatic heterocycles. The number of nitro benzene ring substituents is 1. The van der Waals surface area contributed by atoms with Gasteiger partial charge in [0.1, 0.15) is 0 Å². The molecule has 2 aromatic rings. The molecule has 0 fully saturated rings. The largest absolute Gasteiger partial charge is 0.324 e. The second kappa shape index (κ2) is 7.35. The van der Waals surface area contributed by atoms with E-state index < -0.39 is 4.92 Å². The second-order valence-corrected chi connectivity index (χ2v) is 6.16. The van der Waals surface area contributed by atoms with E-state index in [0.29, 0.717) is 12.2 Å². The average molecular weight is 340 g/mol. The Bertz CT molecular complexity index is 676. The summed E-state index contributed by atoms with van der Waals surface area (Å²) in [5.41, 5.74) is 0.250. The molecule has 0 aliphatic rings. The number of hydrogen-bond acceptors (Lipinski definition) is 5. The lowest BCUT2D eigenvalue weighted by Gasteiger charge is -2.15. The summed E-state index contributed by atoms with van der Waals surface area (Å²) in [6, 6.07) is 7.91. The van der Waals surface area contributed by atoms with E-state index in [0.717, 1.165) is 0 Å². The molecule has 2 rings (SSSR count). The number of nitro groups is 1. The highest BCUT2D eigenvalue weighted by atomic mass is 35.5. The minimum absolute atomic E-state index is 0.113. The Morgan fingerprint density at radius 3 is 2.82 bits per heavy atom. The summed E-state index contributed by atoms with van der Waals surface area (Å²) in [7, 11) is 1.84. The first kappa shape index (κ1) is 16.4. The van der Waals surface area contributed by atoms with Crippen LogP contribution in [0.4, 0.5) is 11.4 Å². The number of halogens is 1. The third-order valence-corrected chi connectivity index (χ3v) is 4.03. The number of nitrogens with zero attached hydrogens (tertiary/aromatic N) is 2. The van der Waals surface area contributed by atoms with E-state index >= 15 is 0 Å². The molecule has 1 aromatic carbocycles. The van der Waals surface area contributed by atoms with Gasteiger partial charge in [-0.3, -0.25) is 19.8 Å². The molecule has 1 heterocycles. The van der Waals surface area contributed by atoms with E-state index in [-0.39, 0.29) is 23.2 Å². The first-order chi connectivity index (χ1) is 10.5. The normalized spacial score (nSPS) is 10.7. The monoisotopic (exact) mass is 339 g/mol. The van der Waals surface area contributed by atoms with E-state index in [1.165, 1.54) is 23.1 Å². The first-order valence-corrected chi connectivity index (χ1v) is 7.66. The van der Waals surface area contributed by atoms with Gasteiger partial charge in [0.05, 0.1) is 22.2 Å². The molecule has 22 heavy (non-hydrogen) atoms. The summed E-state index contributed by atoms with van der Waals surface area (Å²) in [6.45, 7) is 0.879. The number of hydrogen-bond donors (Lipinski definition) is 1. The van der Waals surface area contributed by atoms with Gasteiger partial charge in [0.25, 0.3) is 5.69 Å². The highest BCUT2D eigenvalue weighted by molar-refractivity contribution is 7.09. The number of carbonyl (C=O) groups excluding carboxylic acids is 1. The fourth-order valence-corrected chi connectivity index (χ4v) is 2.88. The van der Waals surface area contributed by atoms with Crippen molar-refractivity contribution < 1.29 is 9.72 Å². The molecule has 0 aliphatic carbocycles. The molecule has 0 bridgehead atoms. The van der Waals surface area contributed by atoms with Crippen molar-refractivity contribution in [2.24, 2.45) is 0 Å². The van der Waals surface area contributed by atoms with E-state index in [4.69, 9.17) is 11.6 Å². The van der Waals surface area contributed by atoms with Gasteiger partial charge in [-0.2, -0.15) is 0 Å². The number of benzene rings is 1. The number of rotatable bonds is 6. The number of nitrogens with one attached hydrogen (secondary N) is 1. The maximum atomic E-state index is 12.0. The van der Waals surface area contributed by atoms with E-state index in [1.807, 2.05) is 29.5 Å². The molecule has 0 radical (unpaired) electrons. The smallest absolute Gasteiger partial charge is 0.271 e. The third kappa shape index (κ3) is 4.52. The summed E-state index contributed by atoms with van der Waals surface area (Å²) >= 11 is 7.57. The fourth-order valence-electron chi connectivity index (χ4n) is 1.88. The zero-order valence-corrected chi connectivity index (χ0v) is 13.4. The van der Waals surface area contributed by atoms with Gasteiger partial charge >= 0.3 is 0 Å². The van der Waals surface area contributed by atoms with Crippen molar-refractivity contribution in [3.8, 4) is 0 Å². The van der Waals surface area contributed by atoms with E-state index in [2.05, 4.69) is 5.32 Å². The lowest BCUT2D eigenvalue weighted by atomic mass is 10.3. The van der Waals surface area contributed by atoms with Crippen LogP contribution in [-0.4, -0.2) is 29.3 Å². The number of amides is 1. The maximum Gasteiger partial charge on any atom is 0.271 e. The van der Waals surface area contributed by atoms with Crippen LogP contribution < -0.4 is 5.32 Å². The summed E-state index contributed by atoms with van der Waals surface area (Å²) in [5.74, 6) is -0.227. The molecule has 8 heteroatoms. The molecule has 1 amide bonds. The van der Waals surface area contributed by atoms with Crippen molar-refractivity contribution in [2.45, 2.75) is 6.54 Å². The summed E-state index contributed by atoms with van der Waals surface area (Å²) in [6.07, 6.45) is 0. The van der Waals surface area contributed by atoms with Crippen molar-refractivity contribution in [1.82, 2.24) is 4.90 Å². The van der Waals surface area contributed by atoms with Crippen molar-refractivity contribution in [3.63, 3.8) is 0 Å². The summed E-state index contributed by atoms with van der Waals surface area (Å²) in [4.78, 5) is 25.1. The highest BCUT2D eigenvalue weighted by Crippen LogP contribution is 2.26. The zero-order chi connectivity index (χ0) is 16.1. The number of carbonyl (C=O) groups is 1. The molecule has 0 saturated heterocycles. The van der Waals surface area contributed by atoms with Crippen LogP contribution in [0.1, 0.15) is 4.88 Å². The number of non-ortho nitro benzene ring substituents is 1. The Morgan fingerprint density at radius 1 is 1.45 bits per heavy atom. The van der Waals surface area contributed by atoms with Gasteiger partial charge in [-0.15, -0.1) is 11.3 Å². The Labute approximate surface area is 136 Å². The standard InChI is InChI=1S/C14H14ClN3O3S/c1-17(8-11-3-2-6-22-11)9-14(19)16-13-5-4-10(18(20)21)7-12(13)15/h2-7H,8-9H2,1H3,(H,16,19). The van der Waals surface area contributed by atoms with Crippen molar-refractivity contribution in [1.29, 1.82) is 0 Å². The molecule has 0 spiro atoms. The van der Waals surface area contributed by atoms with Crippen molar-refractivity contribution >= 4 is 40.2 Å². The van der Waals surface area contributed by atoms with Gasteiger partial charge < -0.3 is 5.32 Å². The van der Waals surface area contributed by atoms with Crippen LogP contribution in [0.3, 0.4) is 0 Å². The molecule has 116 valence electrons. The molecule has 0 atom stereocenters. The lowest BCUT2D eigenvalue weighted by Crippen LogP contribution is -2.29. The lowest BCUT2D eigenvalue weighted by molar-refractivity contribution is -0.384. The van der Waals surface area contributed by atoms with E-state index in [9.17, 15) is 14.9 Å². The predicted molar refractivity (Wildman–Crippen MR) is 87.4 cm³/mol. The minimum atomic E-state index is -0.535. The Kier molecular flexibility index (Phi) is 5.48. The second-order valence-electron chi connectivity index (χ2n) is 4.72. The van der Waals surface area contributed by atoms with Crippen molar-refractivity contribution in [3.05, 3.63) is 55.7 Å². The predicted octanol–water partition coefficient (Wildman–Crippen LogP) is 3.38. The molecule has 0 saturated carbocycles. The van der Waals surface area contributed by atoms with Crippen LogP contribution in [0.5, 0.6) is 0 Å². The van der Waals surface area contributed by atoms with Gasteiger partial charge in [0.15, 0.2) is 0 Å². The Balaban J connectivity index is 1.93. The maximum absolute atomic E-state index is 12.0. The van der Waals surface area contributed by atoms with Crippen LogP contribution in [-0.2, 0) is 11.3 Å². The number of anilines is 1. The van der Waals surface area contributed by atoms with Crippen molar-refractivity contribution in [2.75, 3.05) is 18.9 Å². The molecular formula is C14H14ClN3O3S. The summed E-state index contributed by atoms with van der Waals surface area (Å²) in [5, 5.41) is 15.4. The molecule has 1 aromatic heterocycles. The Morgan fingerprint density at radius 2 is 2.23 bits per heavy atom. The van der Waals surface area contributed by atoms with Crippen LogP contribution in [0.25, 0.3) is 0 Å². The topological polar surface area (TPSA) is 75.5 Å². The van der Waals surface area contributed by atoms with E-state index in [1.54, 1.807) is 11.3 Å². The SMILES string of the molecule is CN(CC(=O)Nc1ccc([N+](=O)[O-])cc1Cl)Cc1cccs1. The molecule has 1 N–H and O–H groups in total. The van der Waals surface area contributed by atoms with Gasteiger partial charge in [0.2, 0.25) is 5.91 Å². The third-order valence-electron chi connectivity index (χ3n) is 2.86. The van der Waals surface area contributed by atoms with Gasteiger partial charge in [-0.05, 0) is 24.6 Å². The molecule has 0 unspecified atom stereocenters. The van der Waals surface area contributed by atoms with Crippen LogP contribution in [0.15, 0.2) is 35.7 Å². The summed E-state index contributed by atoms with van der Waals surface area (Å²) < 4.78 is 0. The number of thiophene rings is 1. The fraction of sp³-hybridized carbons (Fsp3) is 0.214. The van der Waals surface area contributed by atoms with Gasteiger partial charge in [-0.25, -0.2) is 0 Å². The number of likely N-dealkylation sites (N-methyl/N-ethyl adjacent to an activating group) is 1.